The lowest BCUT2D eigenvalue weighted by atomic mass is 9.91. The van der Waals surface area contributed by atoms with E-state index in [1.54, 1.807) is 0 Å². The lowest BCUT2D eigenvalue weighted by molar-refractivity contribution is 0.669. The first-order chi connectivity index (χ1) is 26.8. The number of rotatable bonds is 5. The van der Waals surface area contributed by atoms with Crippen molar-refractivity contribution in [2.75, 3.05) is 4.90 Å². The van der Waals surface area contributed by atoms with E-state index in [2.05, 4.69) is 199 Å². The van der Waals surface area contributed by atoms with Crippen LogP contribution in [0.3, 0.4) is 0 Å². The standard InChI is InChI=1S/C52H33NO/c1-2-12-34(13-3-1)43-21-10-15-37-16-11-22-44(51(37)43)36-26-28-39(29-27-36)53(40-30-31-42-38(32-40)25-24-35-14-4-5-17-41(35)42)48-33-50-52(46-19-7-6-18-45(46)48)47-20-8-9-23-49(47)54-50/h1-33H. The third-order valence-electron chi connectivity index (χ3n) is 11.0. The number of anilines is 3. The molecule has 2 nitrogen and oxygen atoms in total. The van der Waals surface area contributed by atoms with Gasteiger partial charge in [-0.05, 0) is 90.3 Å². The van der Waals surface area contributed by atoms with Crippen molar-refractivity contribution in [2.24, 2.45) is 0 Å². The molecule has 0 aliphatic carbocycles. The zero-order chi connectivity index (χ0) is 35.6. The minimum atomic E-state index is 0.877. The summed E-state index contributed by atoms with van der Waals surface area (Å²) in [5, 5.41) is 12.1. The molecule has 1 aromatic heterocycles. The highest BCUT2D eigenvalue weighted by molar-refractivity contribution is 6.22. The first-order valence-electron chi connectivity index (χ1n) is 18.5. The number of nitrogens with zero attached hydrogens (tertiary/aromatic N) is 1. The summed E-state index contributed by atoms with van der Waals surface area (Å²) in [7, 11) is 0. The number of fused-ring (bicyclic) bond motifs is 9. The van der Waals surface area contributed by atoms with Crippen LogP contribution in [0.1, 0.15) is 0 Å². The molecule has 0 spiro atoms. The number of furan rings is 1. The van der Waals surface area contributed by atoms with Gasteiger partial charge in [-0.3, -0.25) is 0 Å². The molecule has 11 rings (SSSR count). The predicted molar refractivity (Wildman–Crippen MR) is 229 cm³/mol. The number of para-hydroxylation sites is 1. The summed E-state index contributed by atoms with van der Waals surface area (Å²) in [5.74, 6) is 0. The van der Waals surface area contributed by atoms with Crippen LogP contribution in [0.25, 0.3) is 87.3 Å². The van der Waals surface area contributed by atoms with Gasteiger partial charge in [0.15, 0.2) is 0 Å². The Bertz CT molecular complexity index is 3210. The van der Waals surface area contributed by atoms with Crippen LogP contribution in [0.5, 0.6) is 0 Å². The van der Waals surface area contributed by atoms with E-state index in [-0.39, 0.29) is 0 Å². The summed E-state index contributed by atoms with van der Waals surface area (Å²) in [6.07, 6.45) is 0. The first kappa shape index (κ1) is 30.5. The smallest absolute Gasteiger partial charge is 0.138 e. The quantitative estimate of drug-likeness (QED) is 0.168. The van der Waals surface area contributed by atoms with Crippen LogP contribution >= 0.6 is 0 Å². The van der Waals surface area contributed by atoms with Gasteiger partial charge in [0, 0.05) is 33.6 Å². The molecule has 0 unspecified atom stereocenters. The third kappa shape index (κ3) is 4.81. The van der Waals surface area contributed by atoms with Crippen LogP contribution in [-0.2, 0) is 0 Å². The minimum Gasteiger partial charge on any atom is -0.456 e. The van der Waals surface area contributed by atoms with Gasteiger partial charge >= 0.3 is 0 Å². The number of benzene rings is 10. The van der Waals surface area contributed by atoms with E-state index >= 15 is 0 Å². The minimum absolute atomic E-state index is 0.877. The van der Waals surface area contributed by atoms with E-state index in [0.29, 0.717) is 0 Å². The summed E-state index contributed by atoms with van der Waals surface area (Å²) in [6, 6.07) is 72.3. The van der Waals surface area contributed by atoms with Crippen LogP contribution in [0.15, 0.2) is 205 Å². The first-order valence-corrected chi connectivity index (χ1v) is 18.5. The Labute approximate surface area is 312 Å². The average molecular weight is 688 g/mol. The fraction of sp³-hybridized carbons (Fsp3) is 0. The predicted octanol–water partition coefficient (Wildman–Crippen LogP) is 15.0. The molecule has 0 fully saturated rings. The zero-order valence-corrected chi connectivity index (χ0v) is 29.4. The molecule has 0 saturated heterocycles. The maximum Gasteiger partial charge on any atom is 0.138 e. The molecule has 0 aliphatic rings. The summed E-state index contributed by atoms with van der Waals surface area (Å²) in [5.41, 5.74) is 9.86. The van der Waals surface area contributed by atoms with Crippen molar-refractivity contribution < 1.29 is 4.42 Å². The molecular weight excluding hydrogens is 655 g/mol. The van der Waals surface area contributed by atoms with Crippen molar-refractivity contribution in [3.8, 4) is 22.3 Å². The Morgan fingerprint density at radius 2 is 0.907 bits per heavy atom. The SMILES string of the molecule is c1ccc(-c2cccc3cccc(-c4ccc(N(c5ccc6c(ccc7ccccc76)c5)c5cc6oc7ccccc7c6c6ccccc56)cc4)c23)cc1. The van der Waals surface area contributed by atoms with Crippen molar-refractivity contribution >= 4 is 82.1 Å². The Morgan fingerprint density at radius 3 is 1.70 bits per heavy atom. The molecule has 54 heavy (non-hydrogen) atoms. The summed E-state index contributed by atoms with van der Waals surface area (Å²) in [6.45, 7) is 0. The summed E-state index contributed by atoms with van der Waals surface area (Å²) in [4.78, 5) is 2.39. The van der Waals surface area contributed by atoms with Gasteiger partial charge in [-0.25, -0.2) is 0 Å². The Morgan fingerprint density at radius 1 is 0.315 bits per heavy atom. The van der Waals surface area contributed by atoms with Gasteiger partial charge in [0.1, 0.15) is 11.2 Å². The molecule has 0 N–H and O–H groups in total. The highest BCUT2D eigenvalue weighted by atomic mass is 16.3. The fourth-order valence-electron chi connectivity index (χ4n) is 8.55. The fourth-order valence-corrected chi connectivity index (χ4v) is 8.55. The molecule has 0 radical (unpaired) electrons. The van der Waals surface area contributed by atoms with Crippen molar-refractivity contribution in [1.29, 1.82) is 0 Å². The number of hydrogen-bond acceptors (Lipinski definition) is 2. The summed E-state index contributed by atoms with van der Waals surface area (Å²) >= 11 is 0. The van der Waals surface area contributed by atoms with E-state index in [9.17, 15) is 0 Å². The molecular formula is C52H33NO. The van der Waals surface area contributed by atoms with Crippen LogP contribution in [-0.4, -0.2) is 0 Å². The van der Waals surface area contributed by atoms with Crippen LogP contribution < -0.4 is 4.90 Å². The molecule has 0 saturated carbocycles. The molecule has 1 heterocycles. The molecule has 0 aliphatic heterocycles. The van der Waals surface area contributed by atoms with Crippen molar-refractivity contribution in [3.05, 3.63) is 200 Å². The highest BCUT2D eigenvalue weighted by Gasteiger charge is 2.21. The Hall–Kier alpha value is -7.16. The lowest BCUT2D eigenvalue weighted by Crippen LogP contribution is -2.10. The molecule has 0 atom stereocenters. The van der Waals surface area contributed by atoms with Crippen LogP contribution in [0.2, 0.25) is 0 Å². The van der Waals surface area contributed by atoms with Crippen LogP contribution in [0, 0.1) is 0 Å². The van der Waals surface area contributed by atoms with Gasteiger partial charge < -0.3 is 9.32 Å². The van der Waals surface area contributed by atoms with E-state index in [0.717, 1.165) is 39.0 Å². The molecule has 2 heteroatoms. The monoisotopic (exact) mass is 687 g/mol. The van der Waals surface area contributed by atoms with Gasteiger partial charge in [-0.15, -0.1) is 0 Å². The maximum atomic E-state index is 6.58. The molecule has 0 bridgehead atoms. The van der Waals surface area contributed by atoms with Crippen molar-refractivity contribution in [3.63, 3.8) is 0 Å². The molecule has 252 valence electrons. The highest BCUT2D eigenvalue weighted by Crippen LogP contribution is 2.46. The van der Waals surface area contributed by atoms with Crippen molar-refractivity contribution in [2.45, 2.75) is 0 Å². The third-order valence-corrected chi connectivity index (χ3v) is 11.0. The second-order valence-corrected chi connectivity index (χ2v) is 14.1. The zero-order valence-electron chi connectivity index (χ0n) is 29.4. The Balaban J connectivity index is 1.14. The second-order valence-electron chi connectivity index (χ2n) is 14.1. The molecule has 11 aromatic rings. The van der Waals surface area contributed by atoms with E-state index < -0.39 is 0 Å². The van der Waals surface area contributed by atoms with E-state index in [4.69, 9.17) is 4.42 Å². The van der Waals surface area contributed by atoms with Gasteiger partial charge in [0.2, 0.25) is 0 Å². The van der Waals surface area contributed by atoms with E-state index in [1.807, 2.05) is 6.07 Å². The number of hydrogen-bond donors (Lipinski definition) is 0. The normalized spacial score (nSPS) is 11.7. The average Bonchev–Trinajstić information content (AvgIpc) is 3.62. The molecule has 10 aromatic carbocycles. The lowest BCUT2D eigenvalue weighted by Gasteiger charge is -2.27. The van der Waals surface area contributed by atoms with Gasteiger partial charge in [0.05, 0.1) is 5.69 Å². The van der Waals surface area contributed by atoms with E-state index in [1.165, 1.54) is 65.3 Å². The topological polar surface area (TPSA) is 16.4 Å². The Kier molecular flexibility index (Phi) is 6.90. The second kappa shape index (κ2) is 12.2. The largest absolute Gasteiger partial charge is 0.456 e. The summed E-state index contributed by atoms with van der Waals surface area (Å²) < 4.78 is 6.58. The maximum absolute atomic E-state index is 6.58. The van der Waals surface area contributed by atoms with Gasteiger partial charge in [-0.1, -0.05) is 164 Å². The van der Waals surface area contributed by atoms with Gasteiger partial charge in [-0.2, -0.15) is 0 Å². The molecule has 0 amide bonds. The van der Waals surface area contributed by atoms with Crippen LogP contribution in [0.4, 0.5) is 17.1 Å². The van der Waals surface area contributed by atoms with Crippen molar-refractivity contribution in [1.82, 2.24) is 0 Å². The van der Waals surface area contributed by atoms with Gasteiger partial charge in [0.25, 0.3) is 0 Å².